The summed E-state index contributed by atoms with van der Waals surface area (Å²) in [4.78, 5) is 29.1. The highest BCUT2D eigenvalue weighted by atomic mass is 19.1. The van der Waals surface area contributed by atoms with Gasteiger partial charge in [0.2, 0.25) is 0 Å². The maximum atomic E-state index is 14.1. The summed E-state index contributed by atoms with van der Waals surface area (Å²) < 4.78 is 14.1. The van der Waals surface area contributed by atoms with Crippen molar-refractivity contribution in [3.63, 3.8) is 0 Å². The molecular weight excluding hydrogens is 405 g/mol. The molecule has 1 aliphatic heterocycles. The van der Waals surface area contributed by atoms with Crippen molar-refractivity contribution in [3.05, 3.63) is 77.1 Å². The monoisotopic (exact) mass is 435 g/mol. The fourth-order valence-corrected chi connectivity index (χ4v) is 4.39. The Hall–Kier alpha value is -3.15. The number of hydrogen-bond acceptors (Lipinski definition) is 2. The average molecular weight is 436 g/mol. The molecule has 0 unspecified atom stereocenters. The molecular formula is C26H30FN3O2. The average Bonchev–Trinajstić information content (AvgIpc) is 2.82. The normalized spacial score (nSPS) is 16.7. The predicted octanol–water partition coefficient (Wildman–Crippen LogP) is 5.28. The zero-order chi connectivity index (χ0) is 22.3. The molecule has 1 N–H and O–H groups in total. The molecule has 0 saturated carbocycles. The van der Waals surface area contributed by atoms with Gasteiger partial charge in [0.1, 0.15) is 5.82 Å². The molecule has 1 aliphatic carbocycles. The molecule has 0 bridgehead atoms. The van der Waals surface area contributed by atoms with Gasteiger partial charge in [-0.15, -0.1) is 0 Å². The number of amides is 3. The number of halogens is 1. The maximum Gasteiger partial charge on any atom is 0.324 e. The van der Waals surface area contributed by atoms with E-state index in [1.807, 2.05) is 6.07 Å². The third-order valence-electron chi connectivity index (χ3n) is 6.17. The highest BCUT2D eigenvalue weighted by Crippen LogP contribution is 2.23. The van der Waals surface area contributed by atoms with Crippen LogP contribution in [-0.2, 0) is 6.54 Å². The highest BCUT2D eigenvalue weighted by molar-refractivity contribution is 5.98. The molecule has 1 saturated heterocycles. The fraction of sp³-hybridized carbons (Fsp3) is 0.385. The lowest BCUT2D eigenvalue weighted by Gasteiger charge is -2.36. The second kappa shape index (κ2) is 10.4. The molecule has 1 fully saturated rings. The molecule has 0 radical (unpaired) electrons. The van der Waals surface area contributed by atoms with E-state index in [1.165, 1.54) is 24.5 Å². The summed E-state index contributed by atoms with van der Waals surface area (Å²) >= 11 is 0. The molecule has 0 atom stereocenters. The van der Waals surface area contributed by atoms with Gasteiger partial charge < -0.3 is 10.2 Å². The van der Waals surface area contributed by atoms with Gasteiger partial charge in [0.15, 0.2) is 0 Å². The Kier molecular flexibility index (Phi) is 7.20. The van der Waals surface area contributed by atoms with E-state index in [-0.39, 0.29) is 24.3 Å². The van der Waals surface area contributed by atoms with Gasteiger partial charge in [-0.2, -0.15) is 0 Å². The molecule has 6 heteroatoms. The highest BCUT2D eigenvalue weighted by Gasteiger charge is 2.27. The van der Waals surface area contributed by atoms with Crippen molar-refractivity contribution in [2.75, 3.05) is 24.5 Å². The summed E-state index contributed by atoms with van der Waals surface area (Å²) in [5.74, 6) is -0.434. The second-order valence-corrected chi connectivity index (χ2v) is 8.47. The van der Waals surface area contributed by atoms with E-state index in [1.54, 1.807) is 46.2 Å². The summed E-state index contributed by atoms with van der Waals surface area (Å²) in [5, 5.41) is 3.00. The van der Waals surface area contributed by atoms with Crippen LogP contribution in [0.25, 0.3) is 0 Å². The maximum absolute atomic E-state index is 14.1. The second-order valence-electron chi connectivity index (χ2n) is 8.47. The van der Waals surface area contributed by atoms with Crippen molar-refractivity contribution < 1.29 is 14.0 Å². The third kappa shape index (κ3) is 5.36. The van der Waals surface area contributed by atoms with Crippen molar-refractivity contribution >= 4 is 17.6 Å². The van der Waals surface area contributed by atoms with Crippen molar-refractivity contribution in [2.45, 2.75) is 45.1 Å². The SMILES string of the molecule is O=C(NCCC1=CCCCC1)c1cccc(N2CCCN(Cc3ccccc3F)C2=O)c1. The lowest BCUT2D eigenvalue weighted by molar-refractivity contribution is 0.0954. The summed E-state index contributed by atoms with van der Waals surface area (Å²) in [6.45, 7) is 2.01. The third-order valence-corrected chi connectivity index (χ3v) is 6.17. The lowest BCUT2D eigenvalue weighted by atomic mass is 9.97. The molecule has 2 aromatic carbocycles. The number of rotatable bonds is 7. The van der Waals surface area contributed by atoms with Gasteiger partial charge in [-0.25, -0.2) is 9.18 Å². The van der Waals surface area contributed by atoms with Gasteiger partial charge in [0.05, 0.1) is 6.54 Å². The minimum atomic E-state index is -0.305. The Morgan fingerprint density at radius 1 is 1.03 bits per heavy atom. The quantitative estimate of drug-likeness (QED) is 0.602. The fourth-order valence-electron chi connectivity index (χ4n) is 4.39. The Bertz CT molecular complexity index is 1000. The van der Waals surface area contributed by atoms with Crippen LogP contribution in [0.2, 0.25) is 0 Å². The van der Waals surface area contributed by atoms with E-state index < -0.39 is 0 Å². The number of anilines is 1. The van der Waals surface area contributed by atoms with E-state index in [0.717, 1.165) is 25.7 Å². The summed E-state index contributed by atoms with van der Waals surface area (Å²) in [5.41, 5.74) is 3.16. The first-order chi connectivity index (χ1) is 15.6. The van der Waals surface area contributed by atoms with E-state index in [2.05, 4.69) is 11.4 Å². The van der Waals surface area contributed by atoms with E-state index >= 15 is 0 Å². The molecule has 5 nitrogen and oxygen atoms in total. The number of allylic oxidation sites excluding steroid dienone is 1. The molecule has 3 amide bonds. The molecule has 168 valence electrons. The van der Waals surface area contributed by atoms with Gasteiger partial charge >= 0.3 is 6.03 Å². The first-order valence-corrected chi connectivity index (χ1v) is 11.5. The molecule has 0 aromatic heterocycles. The van der Waals surface area contributed by atoms with Crippen LogP contribution in [-0.4, -0.2) is 36.5 Å². The number of benzene rings is 2. The van der Waals surface area contributed by atoms with Gasteiger partial charge in [-0.3, -0.25) is 9.69 Å². The zero-order valence-corrected chi connectivity index (χ0v) is 18.4. The number of carbonyl (C=O) groups is 2. The smallest absolute Gasteiger partial charge is 0.324 e. The van der Waals surface area contributed by atoms with Crippen LogP contribution in [0.15, 0.2) is 60.2 Å². The Balaban J connectivity index is 1.39. The predicted molar refractivity (Wildman–Crippen MR) is 124 cm³/mol. The van der Waals surface area contributed by atoms with E-state index in [4.69, 9.17) is 0 Å². The Morgan fingerprint density at radius 2 is 1.91 bits per heavy atom. The number of nitrogens with zero attached hydrogens (tertiary/aromatic N) is 2. The van der Waals surface area contributed by atoms with Crippen LogP contribution in [0.5, 0.6) is 0 Å². The summed E-state index contributed by atoms with van der Waals surface area (Å²) in [6.07, 6.45) is 8.74. The summed E-state index contributed by atoms with van der Waals surface area (Å²) in [7, 11) is 0. The first-order valence-electron chi connectivity index (χ1n) is 11.5. The molecule has 0 spiro atoms. The molecule has 32 heavy (non-hydrogen) atoms. The molecule has 2 aliphatic rings. The standard InChI is InChI=1S/C26H30FN3O2/c27-24-13-5-4-10-22(24)19-29-16-7-17-30(26(29)32)23-12-6-11-21(18-23)25(31)28-15-14-20-8-2-1-3-9-20/h4-6,8,10-13,18H,1-3,7,9,14-17,19H2,(H,28,31). The largest absolute Gasteiger partial charge is 0.352 e. The first kappa shape index (κ1) is 22.1. The van der Waals surface area contributed by atoms with Crippen LogP contribution in [0.3, 0.4) is 0 Å². The van der Waals surface area contributed by atoms with Crippen LogP contribution in [0.4, 0.5) is 14.9 Å². The van der Waals surface area contributed by atoms with Crippen LogP contribution in [0.1, 0.15) is 54.4 Å². The van der Waals surface area contributed by atoms with Gasteiger partial charge in [-0.1, -0.05) is 35.9 Å². The number of urea groups is 1. The number of carbonyl (C=O) groups excluding carboxylic acids is 2. The minimum Gasteiger partial charge on any atom is -0.352 e. The Morgan fingerprint density at radius 3 is 2.72 bits per heavy atom. The lowest BCUT2D eigenvalue weighted by Crippen LogP contribution is -2.49. The summed E-state index contributed by atoms with van der Waals surface area (Å²) in [6, 6.07) is 13.5. The van der Waals surface area contributed by atoms with Gasteiger partial charge in [0.25, 0.3) is 5.91 Å². The molecule has 1 heterocycles. The van der Waals surface area contributed by atoms with Crippen molar-refractivity contribution in [1.29, 1.82) is 0 Å². The van der Waals surface area contributed by atoms with Gasteiger partial charge in [-0.05, 0) is 62.8 Å². The van der Waals surface area contributed by atoms with Crippen LogP contribution >= 0.6 is 0 Å². The van der Waals surface area contributed by atoms with Crippen molar-refractivity contribution in [1.82, 2.24) is 10.2 Å². The topological polar surface area (TPSA) is 52.7 Å². The minimum absolute atomic E-state index is 0.129. The van der Waals surface area contributed by atoms with E-state index in [0.29, 0.717) is 36.4 Å². The van der Waals surface area contributed by atoms with Gasteiger partial charge in [0, 0.05) is 36.4 Å². The van der Waals surface area contributed by atoms with Crippen molar-refractivity contribution in [3.8, 4) is 0 Å². The van der Waals surface area contributed by atoms with E-state index in [9.17, 15) is 14.0 Å². The van der Waals surface area contributed by atoms with Crippen LogP contribution in [0, 0.1) is 5.82 Å². The number of nitrogens with one attached hydrogen (secondary N) is 1. The number of hydrogen-bond donors (Lipinski definition) is 1. The van der Waals surface area contributed by atoms with Crippen molar-refractivity contribution in [2.24, 2.45) is 0 Å². The van der Waals surface area contributed by atoms with Crippen LogP contribution < -0.4 is 10.2 Å². The zero-order valence-electron chi connectivity index (χ0n) is 18.4. The molecule has 2 aromatic rings. The molecule has 4 rings (SSSR count). The Labute approximate surface area is 188 Å².